The Bertz CT molecular complexity index is 652. The van der Waals surface area contributed by atoms with Crippen molar-refractivity contribution in [2.75, 3.05) is 11.9 Å². The van der Waals surface area contributed by atoms with Gasteiger partial charge in [-0.05, 0) is 32.3 Å². The third-order valence-electron chi connectivity index (χ3n) is 3.55. The number of anilines is 1. The second kappa shape index (κ2) is 6.39. The van der Waals surface area contributed by atoms with Gasteiger partial charge in [0.15, 0.2) is 0 Å². The lowest BCUT2D eigenvalue weighted by molar-refractivity contribution is 0.0531. The van der Waals surface area contributed by atoms with Gasteiger partial charge in [-0.1, -0.05) is 13.8 Å². The highest BCUT2D eigenvalue weighted by Crippen LogP contribution is 2.34. The molecule has 0 fully saturated rings. The number of rotatable bonds is 5. The molecule has 5 nitrogen and oxygen atoms in total. The number of hydrogen-bond acceptors (Lipinski definition) is 6. The summed E-state index contributed by atoms with van der Waals surface area (Å²) in [6.07, 6.45) is 1.53. The van der Waals surface area contributed by atoms with E-state index in [1.54, 1.807) is 6.92 Å². The first kappa shape index (κ1) is 15.7. The van der Waals surface area contributed by atoms with Crippen molar-refractivity contribution in [3.05, 3.63) is 16.8 Å². The first-order valence-electron chi connectivity index (χ1n) is 7.13. The maximum absolute atomic E-state index is 12.0. The van der Waals surface area contributed by atoms with E-state index in [0.29, 0.717) is 17.4 Å². The zero-order valence-electron chi connectivity index (χ0n) is 13.1. The molecule has 2 aromatic rings. The summed E-state index contributed by atoms with van der Waals surface area (Å²) in [6.45, 7) is 10.5. The fourth-order valence-corrected chi connectivity index (χ4v) is 3.00. The summed E-state index contributed by atoms with van der Waals surface area (Å²) in [4.78, 5) is 22.0. The third kappa shape index (κ3) is 3.15. The Balaban J connectivity index is 2.46. The molecular weight excluding hydrogens is 286 g/mol. The molecule has 0 amide bonds. The standard InChI is InChI=1S/C15H21N3O2S/c1-6-20-15(19)12-9(4)11-13(18-10(5)8(2)3)16-7-17-14(11)21-12/h7-8,10H,6H2,1-5H3,(H,16,17,18). The number of aromatic nitrogens is 2. The topological polar surface area (TPSA) is 64.1 Å². The zero-order valence-corrected chi connectivity index (χ0v) is 13.9. The molecule has 0 aromatic carbocycles. The lowest BCUT2D eigenvalue weighted by Gasteiger charge is -2.18. The average Bonchev–Trinajstić information content (AvgIpc) is 2.77. The van der Waals surface area contributed by atoms with Crippen LogP contribution >= 0.6 is 11.3 Å². The second-order valence-electron chi connectivity index (χ2n) is 5.36. The fourth-order valence-electron chi connectivity index (χ4n) is 1.95. The van der Waals surface area contributed by atoms with Crippen LogP contribution in [0.2, 0.25) is 0 Å². The zero-order chi connectivity index (χ0) is 15.6. The monoisotopic (exact) mass is 307 g/mol. The first-order valence-corrected chi connectivity index (χ1v) is 7.95. The molecule has 0 aliphatic carbocycles. The average molecular weight is 307 g/mol. The van der Waals surface area contributed by atoms with E-state index >= 15 is 0 Å². The fraction of sp³-hybridized carbons (Fsp3) is 0.533. The SMILES string of the molecule is CCOC(=O)c1sc2ncnc(NC(C)C(C)C)c2c1C. The van der Waals surface area contributed by atoms with Crippen molar-refractivity contribution < 1.29 is 9.53 Å². The molecular formula is C15H21N3O2S. The van der Waals surface area contributed by atoms with Crippen molar-refractivity contribution in [1.82, 2.24) is 9.97 Å². The van der Waals surface area contributed by atoms with Crippen LogP contribution in [0.15, 0.2) is 6.33 Å². The molecule has 2 aromatic heterocycles. The van der Waals surface area contributed by atoms with Gasteiger partial charge in [-0.2, -0.15) is 0 Å². The van der Waals surface area contributed by atoms with E-state index in [2.05, 4.69) is 36.1 Å². The molecule has 1 N–H and O–H groups in total. The van der Waals surface area contributed by atoms with Gasteiger partial charge in [0.25, 0.3) is 0 Å². The minimum absolute atomic E-state index is 0.286. The molecule has 1 unspecified atom stereocenters. The van der Waals surface area contributed by atoms with Crippen molar-refractivity contribution in [2.24, 2.45) is 5.92 Å². The Morgan fingerprint density at radius 2 is 2.10 bits per heavy atom. The van der Waals surface area contributed by atoms with Crippen molar-refractivity contribution in [3.8, 4) is 0 Å². The number of ether oxygens (including phenoxy) is 1. The first-order chi connectivity index (χ1) is 9.95. The molecule has 0 spiro atoms. The van der Waals surface area contributed by atoms with Gasteiger partial charge in [0.1, 0.15) is 21.9 Å². The van der Waals surface area contributed by atoms with Crippen LogP contribution in [-0.2, 0) is 4.74 Å². The summed E-state index contributed by atoms with van der Waals surface area (Å²) in [5.41, 5.74) is 0.882. The number of aryl methyl sites for hydroxylation is 1. The van der Waals surface area contributed by atoms with Crippen LogP contribution in [0.25, 0.3) is 10.2 Å². The molecule has 21 heavy (non-hydrogen) atoms. The number of nitrogens with one attached hydrogen (secondary N) is 1. The Hall–Kier alpha value is -1.69. The largest absolute Gasteiger partial charge is 0.462 e. The van der Waals surface area contributed by atoms with Crippen LogP contribution in [0, 0.1) is 12.8 Å². The predicted molar refractivity (Wildman–Crippen MR) is 86.0 cm³/mol. The number of hydrogen-bond donors (Lipinski definition) is 1. The van der Waals surface area contributed by atoms with Crippen LogP contribution in [0.1, 0.15) is 42.9 Å². The molecule has 2 rings (SSSR count). The maximum Gasteiger partial charge on any atom is 0.348 e. The van der Waals surface area contributed by atoms with E-state index in [4.69, 9.17) is 4.74 Å². The second-order valence-corrected chi connectivity index (χ2v) is 6.36. The third-order valence-corrected chi connectivity index (χ3v) is 4.73. The summed E-state index contributed by atoms with van der Waals surface area (Å²) in [5, 5.41) is 4.33. The van der Waals surface area contributed by atoms with Gasteiger partial charge in [-0.15, -0.1) is 11.3 Å². The van der Waals surface area contributed by atoms with Gasteiger partial charge in [-0.3, -0.25) is 0 Å². The lowest BCUT2D eigenvalue weighted by Crippen LogP contribution is -2.22. The van der Waals surface area contributed by atoms with E-state index in [0.717, 1.165) is 21.6 Å². The van der Waals surface area contributed by atoms with Crippen LogP contribution in [0.5, 0.6) is 0 Å². The molecule has 2 heterocycles. The van der Waals surface area contributed by atoms with E-state index < -0.39 is 0 Å². The van der Waals surface area contributed by atoms with E-state index in [1.807, 2.05) is 6.92 Å². The quantitative estimate of drug-likeness (QED) is 0.854. The van der Waals surface area contributed by atoms with Crippen molar-refractivity contribution in [1.29, 1.82) is 0 Å². The Labute approximate surface area is 128 Å². The molecule has 114 valence electrons. The number of fused-ring (bicyclic) bond motifs is 1. The highest BCUT2D eigenvalue weighted by atomic mass is 32.1. The summed E-state index contributed by atoms with van der Waals surface area (Å²) in [7, 11) is 0. The normalized spacial score (nSPS) is 12.7. The number of carbonyl (C=O) groups excluding carboxylic acids is 1. The lowest BCUT2D eigenvalue weighted by atomic mass is 10.1. The van der Waals surface area contributed by atoms with Gasteiger partial charge in [-0.25, -0.2) is 14.8 Å². The minimum atomic E-state index is -0.291. The summed E-state index contributed by atoms with van der Waals surface area (Å²) in [5.74, 6) is 0.977. The Morgan fingerprint density at radius 1 is 1.38 bits per heavy atom. The van der Waals surface area contributed by atoms with Crippen LogP contribution < -0.4 is 5.32 Å². The van der Waals surface area contributed by atoms with Gasteiger partial charge in [0.05, 0.1) is 12.0 Å². The smallest absolute Gasteiger partial charge is 0.348 e. The summed E-state index contributed by atoms with van der Waals surface area (Å²) < 4.78 is 5.10. The van der Waals surface area contributed by atoms with Crippen molar-refractivity contribution in [3.63, 3.8) is 0 Å². The van der Waals surface area contributed by atoms with Crippen LogP contribution in [0.4, 0.5) is 5.82 Å². The molecule has 0 aliphatic heterocycles. The number of thiophene rings is 1. The molecule has 0 saturated carbocycles. The van der Waals surface area contributed by atoms with E-state index in [9.17, 15) is 4.79 Å². The van der Waals surface area contributed by atoms with Gasteiger partial charge >= 0.3 is 5.97 Å². The summed E-state index contributed by atoms with van der Waals surface area (Å²) >= 11 is 1.36. The molecule has 6 heteroatoms. The van der Waals surface area contributed by atoms with Gasteiger partial charge in [0.2, 0.25) is 0 Å². The maximum atomic E-state index is 12.0. The highest BCUT2D eigenvalue weighted by Gasteiger charge is 2.21. The molecule has 1 atom stereocenters. The van der Waals surface area contributed by atoms with Gasteiger partial charge in [0, 0.05) is 6.04 Å². The van der Waals surface area contributed by atoms with E-state index in [-0.39, 0.29) is 12.0 Å². The number of esters is 1. The van der Waals surface area contributed by atoms with Crippen molar-refractivity contribution in [2.45, 2.75) is 40.7 Å². The van der Waals surface area contributed by atoms with Crippen LogP contribution in [0.3, 0.4) is 0 Å². The Morgan fingerprint density at radius 3 is 2.71 bits per heavy atom. The number of nitrogens with zero attached hydrogens (tertiary/aromatic N) is 2. The Kier molecular flexibility index (Phi) is 4.77. The molecule has 0 aliphatic rings. The van der Waals surface area contributed by atoms with Crippen molar-refractivity contribution >= 4 is 33.3 Å². The highest BCUT2D eigenvalue weighted by molar-refractivity contribution is 7.20. The molecule has 0 saturated heterocycles. The van der Waals surface area contributed by atoms with Gasteiger partial charge < -0.3 is 10.1 Å². The summed E-state index contributed by atoms with van der Waals surface area (Å²) in [6, 6.07) is 0.286. The molecule has 0 radical (unpaired) electrons. The number of carbonyl (C=O) groups is 1. The molecule has 0 bridgehead atoms. The predicted octanol–water partition coefficient (Wildman–Crippen LogP) is 3.63. The minimum Gasteiger partial charge on any atom is -0.462 e. The van der Waals surface area contributed by atoms with E-state index in [1.165, 1.54) is 17.7 Å². The van der Waals surface area contributed by atoms with Crippen LogP contribution in [-0.4, -0.2) is 28.6 Å².